The third-order valence-corrected chi connectivity index (χ3v) is 3.72. The van der Waals surface area contributed by atoms with Crippen LogP contribution in [-0.2, 0) is 0 Å². The zero-order chi connectivity index (χ0) is 18.5. The van der Waals surface area contributed by atoms with Gasteiger partial charge in [0.25, 0.3) is 0 Å². The highest BCUT2D eigenvalue weighted by Gasteiger charge is 2.14. The number of urea groups is 1. The van der Waals surface area contributed by atoms with Gasteiger partial charge in [0.05, 0.1) is 12.0 Å². The third-order valence-electron chi connectivity index (χ3n) is 3.30. The first-order chi connectivity index (χ1) is 12.5. The summed E-state index contributed by atoms with van der Waals surface area (Å²) in [4.78, 5) is 24.0. The van der Waals surface area contributed by atoms with Gasteiger partial charge in [-0.3, -0.25) is 0 Å². The highest BCUT2D eigenvalue weighted by molar-refractivity contribution is 7.82. The standard InChI is InChI=1S/C18H14N2O5S/c21-14-4-1-3-12(11-14)19-18(23)20(26)13-6-8-15(9-7-13)25-17(22)16-5-2-10-24-16/h1-11,21,26H,(H,19,23). The van der Waals surface area contributed by atoms with Gasteiger partial charge in [-0.25, -0.2) is 13.9 Å². The SMILES string of the molecule is O=C(Oc1ccc(N(S)C(=O)Nc2cccc(O)c2)cc1)c1ccco1. The van der Waals surface area contributed by atoms with Crippen molar-refractivity contribution in [2.75, 3.05) is 9.62 Å². The number of esters is 1. The summed E-state index contributed by atoms with van der Waals surface area (Å²) in [7, 11) is 0. The first-order valence-corrected chi connectivity index (χ1v) is 7.88. The van der Waals surface area contributed by atoms with Gasteiger partial charge in [0.2, 0.25) is 5.76 Å². The predicted octanol–water partition coefficient (Wildman–Crippen LogP) is 4.09. The van der Waals surface area contributed by atoms with Crippen LogP contribution in [-0.4, -0.2) is 17.1 Å². The number of hydrogen-bond acceptors (Lipinski definition) is 6. The van der Waals surface area contributed by atoms with Crippen LogP contribution in [0.4, 0.5) is 16.2 Å². The Morgan fingerprint density at radius 2 is 1.85 bits per heavy atom. The Hall–Kier alpha value is -3.39. The molecule has 7 nitrogen and oxygen atoms in total. The second-order valence-electron chi connectivity index (χ2n) is 5.15. The highest BCUT2D eigenvalue weighted by Crippen LogP contribution is 2.23. The van der Waals surface area contributed by atoms with Gasteiger partial charge in [-0.1, -0.05) is 18.9 Å². The summed E-state index contributed by atoms with van der Waals surface area (Å²) in [6.07, 6.45) is 1.38. The average Bonchev–Trinajstić information content (AvgIpc) is 3.16. The molecule has 0 atom stereocenters. The van der Waals surface area contributed by atoms with E-state index in [1.165, 1.54) is 36.6 Å². The number of carbonyl (C=O) groups excluding carboxylic acids is 2. The van der Waals surface area contributed by atoms with Crippen LogP contribution in [0.5, 0.6) is 11.5 Å². The van der Waals surface area contributed by atoms with Crippen LogP contribution in [0.3, 0.4) is 0 Å². The first kappa shape index (κ1) is 17.4. The number of benzene rings is 2. The third kappa shape index (κ3) is 4.17. The maximum Gasteiger partial charge on any atom is 0.379 e. The van der Waals surface area contributed by atoms with Crippen molar-refractivity contribution in [1.29, 1.82) is 0 Å². The molecule has 0 aliphatic heterocycles. The van der Waals surface area contributed by atoms with Crippen LogP contribution >= 0.6 is 12.8 Å². The molecule has 0 aliphatic carbocycles. The second-order valence-corrected chi connectivity index (χ2v) is 5.55. The normalized spacial score (nSPS) is 10.2. The molecule has 1 aromatic heterocycles. The lowest BCUT2D eigenvalue weighted by atomic mass is 10.3. The first-order valence-electron chi connectivity index (χ1n) is 7.48. The summed E-state index contributed by atoms with van der Waals surface area (Å²) in [6, 6.07) is 14.9. The van der Waals surface area contributed by atoms with Gasteiger partial charge in [0, 0.05) is 11.8 Å². The molecular weight excluding hydrogens is 356 g/mol. The number of nitrogens with zero attached hydrogens (tertiary/aromatic N) is 1. The van der Waals surface area contributed by atoms with Gasteiger partial charge in [-0.2, -0.15) is 0 Å². The van der Waals surface area contributed by atoms with E-state index in [4.69, 9.17) is 9.15 Å². The van der Waals surface area contributed by atoms with E-state index >= 15 is 0 Å². The molecule has 0 saturated carbocycles. The van der Waals surface area contributed by atoms with Gasteiger partial charge >= 0.3 is 12.0 Å². The molecule has 2 amide bonds. The van der Waals surface area contributed by atoms with Crippen LogP contribution < -0.4 is 14.4 Å². The number of amides is 2. The number of rotatable bonds is 4. The molecule has 0 unspecified atom stereocenters. The lowest BCUT2D eigenvalue weighted by Gasteiger charge is -2.17. The summed E-state index contributed by atoms with van der Waals surface area (Å²) in [5, 5.41) is 12.0. The van der Waals surface area contributed by atoms with Crippen LogP contribution in [0.1, 0.15) is 10.6 Å². The molecule has 0 aliphatic rings. The Balaban J connectivity index is 1.63. The van der Waals surface area contributed by atoms with Crippen molar-refractivity contribution in [2.45, 2.75) is 0 Å². The number of ether oxygens (including phenoxy) is 1. The minimum absolute atomic E-state index is 0.0382. The Labute approximate surface area is 154 Å². The van der Waals surface area contributed by atoms with Crippen molar-refractivity contribution in [3.63, 3.8) is 0 Å². The molecule has 132 valence electrons. The number of hydrogen-bond donors (Lipinski definition) is 3. The Morgan fingerprint density at radius 1 is 1.08 bits per heavy atom. The zero-order valence-corrected chi connectivity index (χ0v) is 14.2. The molecule has 1 heterocycles. The maximum absolute atomic E-state index is 12.2. The van der Waals surface area contributed by atoms with Gasteiger partial charge < -0.3 is 19.6 Å². The molecular formula is C18H14N2O5S. The zero-order valence-electron chi connectivity index (χ0n) is 13.3. The van der Waals surface area contributed by atoms with Crippen LogP contribution in [0, 0.1) is 0 Å². The van der Waals surface area contributed by atoms with Gasteiger partial charge in [0.1, 0.15) is 11.5 Å². The topological polar surface area (TPSA) is 92.0 Å². The van der Waals surface area contributed by atoms with Gasteiger partial charge in [-0.15, -0.1) is 0 Å². The smallest absolute Gasteiger partial charge is 0.379 e. The van der Waals surface area contributed by atoms with E-state index in [9.17, 15) is 14.7 Å². The molecule has 0 spiro atoms. The van der Waals surface area contributed by atoms with Crippen LogP contribution in [0.2, 0.25) is 0 Å². The lowest BCUT2D eigenvalue weighted by Crippen LogP contribution is -2.26. The monoisotopic (exact) mass is 370 g/mol. The van der Waals surface area contributed by atoms with E-state index in [2.05, 4.69) is 18.1 Å². The number of anilines is 2. The van der Waals surface area contributed by atoms with E-state index in [1.807, 2.05) is 0 Å². The van der Waals surface area contributed by atoms with E-state index in [1.54, 1.807) is 30.3 Å². The van der Waals surface area contributed by atoms with Crippen LogP contribution in [0.15, 0.2) is 71.3 Å². The van der Waals surface area contributed by atoms with E-state index < -0.39 is 12.0 Å². The minimum Gasteiger partial charge on any atom is -0.508 e. The van der Waals surface area contributed by atoms with E-state index in [-0.39, 0.29) is 11.5 Å². The number of aromatic hydroxyl groups is 1. The van der Waals surface area contributed by atoms with Gasteiger partial charge in [0.15, 0.2) is 0 Å². The largest absolute Gasteiger partial charge is 0.508 e. The van der Waals surface area contributed by atoms with Crippen molar-refractivity contribution in [3.8, 4) is 11.5 Å². The number of phenols is 1. The molecule has 0 bridgehead atoms. The molecule has 0 fully saturated rings. The van der Waals surface area contributed by atoms with Crippen LogP contribution in [0.25, 0.3) is 0 Å². The van der Waals surface area contributed by atoms with Crippen molar-refractivity contribution in [3.05, 3.63) is 72.7 Å². The second kappa shape index (κ2) is 7.66. The summed E-state index contributed by atoms with van der Waals surface area (Å²) in [5.41, 5.74) is 0.891. The fourth-order valence-corrected chi connectivity index (χ4v) is 2.27. The van der Waals surface area contributed by atoms with Crippen molar-refractivity contribution >= 4 is 36.2 Å². The number of phenolic OH excluding ortho intramolecular Hbond substituents is 1. The van der Waals surface area contributed by atoms with Crippen molar-refractivity contribution < 1.29 is 23.8 Å². The van der Waals surface area contributed by atoms with E-state index in [0.717, 1.165) is 4.31 Å². The summed E-state index contributed by atoms with van der Waals surface area (Å²) in [6.45, 7) is 0. The predicted molar refractivity (Wildman–Crippen MR) is 98.7 cm³/mol. The molecule has 3 rings (SSSR count). The lowest BCUT2D eigenvalue weighted by molar-refractivity contribution is 0.0701. The molecule has 2 N–H and O–H groups in total. The molecule has 26 heavy (non-hydrogen) atoms. The highest BCUT2D eigenvalue weighted by atomic mass is 32.1. The minimum atomic E-state index is -0.618. The Kier molecular flexibility index (Phi) is 5.14. The number of thiol groups is 1. The fraction of sp³-hybridized carbons (Fsp3) is 0. The molecule has 2 aromatic carbocycles. The van der Waals surface area contributed by atoms with Gasteiger partial charge in [-0.05, 0) is 48.5 Å². The molecule has 0 radical (unpaired) electrons. The Morgan fingerprint density at radius 3 is 2.50 bits per heavy atom. The number of nitrogens with one attached hydrogen (secondary N) is 1. The average molecular weight is 370 g/mol. The molecule has 3 aromatic rings. The Bertz CT molecular complexity index is 910. The summed E-state index contributed by atoms with van der Waals surface area (Å²) < 4.78 is 11.2. The van der Waals surface area contributed by atoms with E-state index in [0.29, 0.717) is 17.1 Å². The molecule has 0 saturated heterocycles. The number of carbonyl (C=O) groups is 2. The maximum atomic E-state index is 12.2. The summed E-state index contributed by atoms with van der Waals surface area (Å²) >= 11 is 4.16. The summed E-state index contributed by atoms with van der Waals surface area (Å²) in [5.74, 6) is -0.191. The fourth-order valence-electron chi connectivity index (χ4n) is 2.08. The van der Waals surface area contributed by atoms with Crippen molar-refractivity contribution in [1.82, 2.24) is 0 Å². The molecule has 8 heteroatoms. The van der Waals surface area contributed by atoms with Crippen molar-refractivity contribution in [2.24, 2.45) is 0 Å². The quantitative estimate of drug-likeness (QED) is 0.365. The number of furan rings is 1.